The molecule has 9 heteroatoms. The number of carbonyl (C=O) groups excluding carboxylic acids is 1. The number of ether oxygens (including phenoxy) is 1. The van der Waals surface area contributed by atoms with Crippen molar-refractivity contribution < 1.29 is 19.4 Å². The first-order chi connectivity index (χ1) is 13.3. The smallest absolute Gasteiger partial charge is 0.323 e. The van der Waals surface area contributed by atoms with Crippen LogP contribution in [0.25, 0.3) is 6.08 Å². The lowest BCUT2D eigenvalue weighted by atomic mass is 10.1. The highest BCUT2D eigenvalue weighted by atomic mass is 35.5. The number of amides is 1. The molecule has 2 aromatic rings. The Bertz CT molecular complexity index is 994. The number of carbonyl (C=O) groups is 2. The van der Waals surface area contributed by atoms with Gasteiger partial charge in [-0.05, 0) is 42.0 Å². The highest BCUT2D eigenvalue weighted by molar-refractivity contribution is 8.26. The van der Waals surface area contributed by atoms with Crippen molar-refractivity contribution in [2.75, 3.05) is 6.54 Å². The van der Waals surface area contributed by atoms with Crippen molar-refractivity contribution in [3.05, 3.63) is 68.5 Å². The van der Waals surface area contributed by atoms with E-state index in [0.29, 0.717) is 26.3 Å². The fourth-order valence-electron chi connectivity index (χ4n) is 2.46. The normalized spacial score (nSPS) is 15.4. The van der Waals surface area contributed by atoms with E-state index in [4.69, 9.17) is 45.3 Å². The number of nitrogens with zero attached hydrogens (tertiary/aromatic N) is 1. The standard InChI is InChI=1S/C19H13Cl2NO4S2/c20-13-3-1-2-11(6-13)10-26-15-5-4-14(21)7-12(15)8-16-18(25)22(9-17(23)24)19(27)28-16/h1-8H,9-10H2,(H,23,24)/b16-8-. The Balaban J connectivity index is 1.84. The first-order valence-corrected chi connectivity index (χ1v) is 9.95. The summed E-state index contributed by atoms with van der Waals surface area (Å²) in [6.45, 7) is -0.196. The van der Waals surface area contributed by atoms with E-state index in [9.17, 15) is 9.59 Å². The number of carboxylic acid groups (broad SMARTS) is 1. The van der Waals surface area contributed by atoms with Crippen molar-refractivity contribution in [1.29, 1.82) is 0 Å². The topological polar surface area (TPSA) is 66.8 Å². The van der Waals surface area contributed by atoms with Gasteiger partial charge in [0, 0.05) is 15.6 Å². The van der Waals surface area contributed by atoms with Gasteiger partial charge in [-0.2, -0.15) is 0 Å². The summed E-state index contributed by atoms with van der Waals surface area (Å²) in [7, 11) is 0. The number of aliphatic carboxylic acids is 1. The quantitative estimate of drug-likeness (QED) is 0.497. The third kappa shape index (κ3) is 5.05. The largest absolute Gasteiger partial charge is 0.488 e. The van der Waals surface area contributed by atoms with Crippen LogP contribution in [0.4, 0.5) is 0 Å². The molecule has 1 fully saturated rings. The molecule has 1 aliphatic rings. The SMILES string of the molecule is O=C(O)CN1C(=O)/C(=C/c2cc(Cl)ccc2OCc2cccc(Cl)c2)SC1=S. The monoisotopic (exact) mass is 453 g/mol. The molecule has 0 aromatic heterocycles. The predicted octanol–water partition coefficient (Wildman–Crippen LogP) is 4.86. The lowest BCUT2D eigenvalue weighted by Crippen LogP contribution is -2.33. The van der Waals surface area contributed by atoms with E-state index in [1.165, 1.54) is 0 Å². The number of halogens is 2. The van der Waals surface area contributed by atoms with Gasteiger partial charge >= 0.3 is 5.97 Å². The molecule has 1 amide bonds. The Morgan fingerprint density at radius 3 is 2.68 bits per heavy atom. The van der Waals surface area contributed by atoms with Crippen molar-refractivity contribution in [2.24, 2.45) is 0 Å². The van der Waals surface area contributed by atoms with Crippen molar-refractivity contribution in [1.82, 2.24) is 4.90 Å². The van der Waals surface area contributed by atoms with Gasteiger partial charge in [-0.1, -0.05) is 59.3 Å². The first kappa shape index (κ1) is 20.7. The van der Waals surface area contributed by atoms with Crippen molar-refractivity contribution in [3.63, 3.8) is 0 Å². The predicted molar refractivity (Wildman–Crippen MR) is 115 cm³/mol. The molecular weight excluding hydrogens is 441 g/mol. The van der Waals surface area contributed by atoms with E-state index in [1.807, 2.05) is 12.1 Å². The number of hydrogen-bond donors (Lipinski definition) is 1. The zero-order chi connectivity index (χ0) is 20.3. The summed E-state index contributed by atoms with van der Waals surface area (Å²) in [5.41, 5.74) is 1.48. The minimum Gasteiger partial charge on any atom is -0.488 e. The van der Waals surface area contributed by atoms with E-state index >= 15 is 0 Å². The fraction of sp³-hybridized carbons (Fsp3) is 0.105. The molecular formula is C19H13Cl2NO4S2. The van der Waals surface area contributed by atoms with Gasteiger partial charge in [0.1, 0.15) is 23.2 Å². The summed E-state index contributed by atoms with van der Waals surface area (Å²) >= 11 is 18.2. The Kier molecular flexibility index (Phi) is 6.61. The fourth-order valence-corrected chi connectivity index (χ4v) is 4.10. The lowest BCUT2D eigenvalue weighted by Gasteiger charge is -2.11. The third-order valence-electron chi connectivity index (χ3n) is 3.71. The van der Waals surface area contributed by atoms with Gasteiger partial charge in [-0.25, -0.2) is 0 Å². The van der Waals surface area contributed by atoms with Gasteiger partial charge < -0.3 is 9.84 Å². The van der Waals surface area contributed by atoms with Crippen LogP contribution in [0.1, 0.15) is 11.1 Å². The molecule has 0 atom stereocenters. The lowest BCUT2D eigenvalue weighted by molar-refractivity contribution is -0.140. The van der Waals surface area contributed by atoms with E-state index < -0.39 is 18.4 Å². The average Bonchev–Trinajstić information content (AvgIpc) is 2.88. The number of carboxylic acids is 1. The van der Waals surface area contributed by atoms with Crippen LogP contribution < -0.4 is 4.74 Å². The molecule has 0 spiro atoms. The van der Waals surface area contributed by atoms with Crippen molar-refractivity contribution in [3.8, 4) is 5.75 Å². The summed E-state index contributed by atoms with van der Waals surface area (Å²) in [4.78, 5) is 24.7. The third-order valence-corrected chi connectivity index (χ3v) is 5.56. The van der Waals surface area contributed by atoms with Crippen molar-refractivity contribution >= 4 is 69.5 Å². The zero-order valence-electron chi connectivity index (χ0n) is 14.2. The van der Waals surface area contributed by atoms with E-state index in [1.54, 1.807) is 36.4 Å². The molecule has 0 bridgehead atoms. The summed E-state index contributed by atoms with van der Waals surface area (Å²) in [6, 6.07) is 12.3. The number of rotatable bonds is 6. The summed E-state index contributed by atoms with van der Waals surface area (Å²) in [5.74, 6) is -1.07. The Morgan fingerprint density at radius 2 is 1.96 bits per heavy atom. The second-order valence-corrected chi connectivity index (χ2v) is 8.31. The van der Waals surface area contributed by atoms with E-state index in [0.717, 1.165) is 22.2 Å². The summed E-state index contributed by atoms with van der Waals surface area (Å²) in [5, 5.41) is 10.0. The molecule has 144 valence electrons. The summed E-state index contributed by atoms with van der Waals surface area (Å²) in [6.07, 6.45) is 1.60. The maximum absolute atomic E-state index is 12.5. The van der Waals surface area contributed by atoms with Crippen LogP contribution >= 0.6 is 47.2 Å². The molecule has 0 aliphatic carbocycles. The van der Waals surface area contributed by atoms with Crippen LogP contribution in [-0.2, 0) is 16.2 Å². The highest BCUT2D eigenvalue weighted by Gasteiger charge is 2.33. The Morgan fingerprint density at radius 1 is 1.21 bits per heavy atom. The molecule has 1 aliphatic heterocycles. The zero-order valence-corrected chi connectivity index (χ0v) is 17.4. The molecule has 2 aromatic carbocycles. The van der Waals surface area contributed by atoms with E-state index in [-0.39, 0.29) is 10.9 Å². The average molecular weight is 454 g/mol. The minimum absolute atomic E-state index is 0.196. The van der Waals surface area contributed by atoms with Gasteiger partial charge in [0.25, 0.3) is 5.91 Å². The number of hydrogen-bond acceptors (Lipinski definition) is 5. The van der Waals surface area contributed by atoms with Crippen LogP contribution in [0.2, 0.25) is 10.0 Å². The molecule has 1 N–H and O–H groups in total. The van der Waals surface area contributed by atoms with Gasteiger partial charge in [-0.3, -0.25) is 14.5 Å². The van der Waals surface area contributed by atoms with Gasteiger partial charge in [-0.15, -0.1) is 0 Å². The van der Waals surface area contributed by atoms with Gasteiger partial charge in [0.2, 0.25) is 0 Å². The number of thiocarbonyl (C=S) groups is 1. The molecule has 28 heavy (non-hydrogen) atoms. The molecule has 0 unspecified atom stereocenters. The van der Waals surface area contributed by atoms with Crippen LogP contribution in [0, 0.1) is 0 Å². The maximum atomic E-state index is 12.5. The van der Waals surface area contributed by atoms with Crippen LogP contribution in [0.3, 0.4) is 0 Å². The molecule has 5 nitrogen and oxygen atoms in total. The Hall–Kier alpha value is -2.06. The molecule has 0 saturated carbocycles. The number of thioether (sulfide) groups is 1. The molecule has 1 heterocycles. The Labute approximate surface area is 180 Å². The second kappa shape index (κ2) is 8.96. The van der Waals surface area contributed by atoms with Crippen LogP contribution in [0.15, 0.2) is 47.4 Å². The maximum Gasteiger partial charge on any atom is 0.323 e. The van der Waals surface area contributed by atoms with Crippen molar-refractivity contribution in [2.45, 2.75) is 6.61 Å². The molecule has 0 radical (unpaired) electrons. The van der Waals surface area contributed by atoms with Crippen LogP contribution in [-0.4, -0.2) is 32.7 Å². The van der Waals surface area contributed by atoms with Gasteiger partial charge in [0.15, 0.2) is 0 Å². The minimum atomic E-state index is -1.13. The van der Waals surface area contributed by atoms with Gasteiger partial charge in [0.05, 0.1) is 4.91 Å². The second-order valence-electron chi connectivity index (χ2n) is 5.76. The molecule has 1 saturated heterocycles. The highest BCUT2D eigenvalue weighted by Crippen LogP contribution is 2.35. The van der Waals surface area contributed by atoms with E-state index in [2.05, 4.69) is 0 Å². The summed E-state index contributed by atoms with van der Waals surface area (Å²) < 4.78 is 6.07. The van der Waals surface area contributed by atoms with Crippen LogP contribution in [0.5, 0.6) is 5.75 Å². The molecule has 3 rings (SSSR count). The first-order valence-electron chi connectivity index (χ1n) is 7.97. The number of benzene rings is 2.